The molecule has 4 heteroatoms. The molecule has 3 nitrogen and oxygen atoms in total. The zero-order valence-corrected chi connectivity index (χ0v) is 20.9. The summed E-state index contributed by atoms with van der Waals surface area (Å²) >= 11 is 6.96. The second kappa shape index (κ2) is 8.14. The van der Waals surface area contributed by atoms with Crippen molar-refractivity contribution in [3.63, 3.8) is 0 Å². The van der Waals surface area contributed by atoms with Crippen LogP contribution in [0.4, 0.5) is 17.1 Å². The van der Waals surface area contributed by atoms with Gasteiger partial charge in [0.25, 0.3) is 0 Å². The van der Waals surface area contributed by atoms with Gasteiger partial charge in [0.05, 0.1) is 16.1 Å². The third kappa shape index (κ3) is 3.09. The van der Waals surface area contributed by atoms with Gasteiger partial charge in [-0.3, -0.25) is 0 Å². The van der Waals surface area contributed by atoms with Crippen LogP contribution in [0, 0.1) is 0 Å². The SMILES string of the molecule is Clc1cc(N(c2ccccc2)c2cccc3oc4ccccc4c23)cc2c1oc1ccc3ccccc3c12. The molecule has 180 valence electrons. The smallest absolute Gasteiger partial charge is 0.154 e. The van der Waals surface area contributed by atoms with E-state index >= 15 is 0 Å². The molecule has 0 radical (unpaired) electrons. The van der Waals surface area contributed by atoms with Gasteiger partial charge in [-0.25, -0.2) is 0 Å². The summed E-state index contributed by atoms with van der Waals surface area (Å²) in [5.41, 5.74) is 6.22. The van der Waals surface area contributed by atoms with Crippen LogP contribution in [0.2, 0.25) is 5.02 Å². The molecule has 2 heterocycles. The quantitative estimate of drug-likeness (QED) is 0.237. The van der Waals surface area contributed by atoms with Crippen LogP contribution in [0.1, 0.15) is 0 Å². The molecule has 0 amide bonds. The maximum absolute atomic E-state index is 6.96. The van der Waals surface area contributed by atoms with Gasteiger partial charge in [-0.05, 0) is 59.3 Å². The zero-order valence-electron chi connectivity index (χ0n) is 20.2. The van der Waals surface area contributed by atoms with Crippen molar-refractivity contribution >= 4 is 83.3 Å². The lowest BCUT2D eigenvalue weighted by Gasteiger charge is -2.26. The predicted octanol–water partition coefficient (Wildman–Crippen LogP) is 10.8. The van der Waals surface area contributed by atoms with E-state index in [1.54, 1.807) is 0 Å². The van der Waals surface area contributed by atoms with Gasteiger partial charge in [-0.2, -0.15) is 0 Å². The van der Waals surface area contributed by atoms with Crippen LogP contribution < -0.4 is 4.90 Å². The minimum absolute atomic E-state index is 0.572. The Balaban J connectivity index is 1.48. The highest BCUT2D eigenvalue weighted by Gasteiger charge is 2.22. The number of hydrogen-bond donors (Lipinski definition) is 0. The van der Waals surface area contributed by atoms with E-state index in [1.165, 1.54) is 5.39 Å². The molecule has 0 fully saturated rings. The molecule has 0 aliphatic rings. The first-order valence-electron chi connectivity index (χ1n) is 12.6. The Morgan fingerprint density at radius 2 is 1.24 bits per heavy atom. The van der Waals surface area contributed by atoms with Gasteiger partial charge in [0.15, 0.2) is 5.58 Å². The molecule has 0 aliphatic heterocycles. The molecule has 0 saturated heterocycles. The molecule has 8 aromatic rings. The van der Waals surface area contributed by atoms with Crippen LogP contribution in [0.3, 0.4) is 0 Å². The number of hydrogen-bond acceptors (Lipinski definition) is 3. The molecule has 0 unspecified atom stereocenters. The molecule has 0 aliphatic carbocycles. The number of para-hydroxylation sites is 2. The number of anilines is 3. The molecule has 0 N–H and O–H groups in total. The maximum atomic E-state index is 6.96. The van der Waals surface area contributed by atoms with Crippen molar-refractivity contribution in [1.29, 1.82) is 0 Å². The second-order valence-corrected chi connectivity index (χ2v) is 9.89. The third-order valence-corrected chi connectivity index (χ3v) is 7.58. The standard InChI is InChI=1S/C34H20ClNO2/c35-27-20-23(19-26-32-24-12-5-4-9-21(24)17-18-31(32)38-34(26)27)36(22-10-2-1-3-11-22)28-14-8-16-30-33(28)25-13-6-7-15-29(25)37-30/h1-20H. The average molecular weight is 510 g/mol. The first-order chi connectivity index (χ1) is 18.8. The lowest BCUT2D eigenvalue weighted by atomic mass is 10.0. The minimum atomic E-state index is 0.572. The first-order valence-corrected chi connectivity index (χ1v) is 12.9. The van der Waals surface area contributed by atoms with E-state index < -0.39 is 0 Å². The fraction of sp³-hybridized carbons (Fsp3) is 0. The Bertz CT molecular complexity index is 2160. The Hall–Kier alpha value is -4.73. The monoisotopic (exact) mass is 509 g/mol. The molecule has 0 atom stereocenters. The number of benzene rings is 6. The van der Waals surface area contributed by atoms with Gasteiger partial charge < -0.3 is 13.7 Å². The summed E-state index contributed by atoms with van der Waals surface area (Å²) in [7, 11) is 0. The Labute approximate surface area is 223 Å². The van der Waals surface area contributed by atoms with Gasteiger partial charge in [0, 0.05) is 27.5 Å². The van der Waals surface area contributed by atoms with Crippen LogP contribution in [0.5, 0.6) is 0 Å². The van der Waals surface area contributed by atoms with E-state index in [0.717, 1.165) is 60.7 Å². The van der Waals surface area contributed by atoms with Gasteiger partial charge in [0.2, 0.25) is 0 Å². The lowest BCUT2D eigenvalue weighted by molar-refractivity contribution is 0.668. The van der Waals surface area contributed by atoms with E-state index in [0.29, 0.717) is 10.6 Å². The third-order valence-electron chi connectivity index (χ3n) is 7.29. The number of furan rings is 2. The minimum Gasteiger partial charge on any atom is -0.456 e. The van der Waals surface area contributed by atoms with Crippen LogP contribution in [0.25, 0.3) is 54.6 Å². The number of fused-ring (bicyclic) bond motifs is 8. The highest BCUT2D eigenvalue weighted by molar-refractivity contribution is 6.37. The lowest BCUT2D eigenvalue weighted by Crippen LogP contribution is -2.10. The molecule has 0 spiro atoms. The Morgan fingerprint density at radius 1 is 0.500 bits per heavy atom. The predicted molar refractivity (Wildman–Crippen MR) is 158 cm³/mol. The first kappa shape index (κ1) is 21.4. The topological polar surface area (TPSA) is 29.5 Å². The van der Waals surface area contributed by atoms with Crippen molar-refractivity contribution in [2.45, 2.75) is 0 Å². The molecular formula is C34H20ClNO2. The molecule has 8 rings (SSSR count). The molecular weight excluding hydrogens is 490 g/mol. The summed E-state index contributed by atoms with van der Waals surface area (Å²) in [4.78, 5) is 2.25. The van der Waals surface area contributed by atoms with Crippen LogP contribution in [0.15, 0.2) is 130 Å². The van der Waals surface area contributed by atoms with Crippen molar-refractivity contribution in [3.05, 3.63) is 126 Å². The fourth-order valence-corrected chi connectivity index (χ4v) is 5.92. The van der Waals surface area contributed by atoms with Crippen molar-refractivity contribution in [1.82, 2.24) is 0 Å². The van der Waals surface area contributed by atoms with Crippen molar-refractivity contribution in [2.75, 3.05) is 4.90 Å². The van der Waals surface area contributed by atoms with E-state index in [-0.39, 0.29) is 0 Å². The molecule has 0 saturated carbocycles. The van der Waals surface area contributed by atoms with Crippen LogP contribution in [-0.2, 0) is 0 Å². The Morgan fingerprint density at radius 3 is 2.13 bits per heavy atom. The van der Waals surface area contributed by atoms with Crippen molar-refractivity contribution in [3.8, 4) is 0 Å². The second-order valence-electron chi connectivity index (χ2n) is 9.49. The Kier molecular flexibility index (Phi) is 4.58. The van der Waals surface area contributed by atoms with E-state index in [4.69, 9.17) is 20.4 Å². The summed E-state index contributed by atoms with van der Waals surface area (Å²) in [5.74, 6) is 0. The summed E-state index contributed by atoms with van der Waals surface area (Å²) in [6.07, 6.45) is 0. The molecule has 2 aromatic heterocycles. The van der Waals surface area contributed by atoms with E-state index in [9.17, 15) is 0 Å². The zero-order chi connectivity index (χ0) is 25.2. The van der Waals surface area contributed by atoms with E-state index in [1.807, 2.05) is 48.5 Å². The van der Waals surface area contributed by atoms with Gasteiger partial charge >= 0.3 is 0 Å². The van der Waals surface area contributed by atoms with Crippen molar-refractivity contribution in [2.24, 2.45) is 0 Å². The highest BCUT2D eigenvalue weighted by atomic mass is 35.5. The summed E-state index contributed by atoms with van der Waals surface area (Å²) in [5, 5.41) is 7.08. The highest BCUT2D eigenvalue weighted by Crippen LogP contribution is 2.46. The van der Waals surface area contributed by atoms with Gasteiger partial charge in [-0.15, -0.1) is 0 Å². The fourth-order valence-electron chi connectivity index (χ4n) is 5.67. The number of halogens is 1. The van der Waals surface area contributed by atoms with E-state index in [2.05, 4.69) is 77.7 Å². The van der Waals surface area contributed by atoms with Gasteiger partial charge in [0.1, 0.15) is 16.7 Å². The average Bonchev–Trinajstić information content (AvgIpc) is 3.53. The summed E-state index contributed by atoms with van der Waals surface area (Å²) in [6, 6.07) is 41.4. The van der Waals surface area contributed by atoms with Crippen LogP contribution in [-0.4, -0.2) is 0 Å². The molecule has 0 bridgehead atoms. The number of nitrogens with zero attached hydrogens (tertiary/aromatic N) is 1. The number of rotatable bonds is 3. The van der Waals surface area contributed by atoms with Crippen LogP contribution >= 0.6 is 11.6 Å². The molecule has 38 heavy (non-hydrogen) atoms. The largest absolute Gasteiger partial charge is 0.456 e. The van der Waals surface area contributed by atoms with Gasteiger partial charge in [-0.1, -0.05) is 84.4 Å². The summed E-state index contributed by atoms with van der Waals surface area (Å²) < 4.78 is 12.5. The maximum Gasteiger partial charge on any atom is 0.154 e. The van der Waals surface area contributed by atoms with Crippen molar-refractivity contribution < 1.29 is 8.83 Å². The normalized spacial score (nSPS) is 11.8. The summed E-state index contributed by atoms with van der Waals surface area (Å²) in [6.45, 7) is 0. The molecule has 6 aromatic carbocycles.